The molecule has 0 saturated heterocycles. The Hall–Kier alpha value is -3.96. The molecule has 0 N–H and O–H groups in total. The quantitative estimate of drug-likeness (QED) is 0.136. The summed E-state index contributed by atoms with van der Waals surface area (Å²) in [6, 6.07) is 36.7. The van der Waals surface area contributed by atoms with Crippen molar-refractivity contribution in [1.82, 2.24) is 0 Å². The standard InChI is InChI=1S/C33H34O4Si/c1-25(2)24-38(29-16-6-4-7-17-29,30-18-8-5-9-19-30)37-28-15-12-14-27(23-28)32(34)22-21-26-13-10-11-20-31(26)33(35)36-3/h4-20,23,25H,21-22,24H2,1-3H3. The molecule has 0 saturated carbocycles. The Bertz CT molecular complexity index is 1330. The molecule has 0 unspecified atom stereocenters. The summed E-state index contributed by atoms with van der Waals surface area (Å²) in [5.41, 5.74) is 1.90. The number of methoxy groups -OCH3 is 1. The van der Waals surface area contributed by atoms with Gasteiger partial charge in [-0.1, -0.05) is 105 Å². The first-order valence-corrected chi connectivity index (χ1v) is 15.1. The second-order valence-electron chi connectivity index (χ2n) is 9.86. The van der Waals surface area contributed by atoms with E-state index in [-0.39, 0.29) is 12.2 Å². The first kappa shape index (κ1) is 27.1. The summed E-state index contributed by atoms with van der Waals surface area (Å²) >= 11 is 0. The smallest absolute Gasteiger partial charge is 0.338 e. The zero-order valence-corrected chi connectivity index (χ0v) is 23.2. The minimum Gasteiger partial charge on any atom is -0.535 e. The van der Waals surface area contributed by atoms with E-state index in [0.717, 1.165) is 11.6 Å². The molecule has 4 nitrogen and oxygen atoms in total. The molecule has 0 aliphatic rings. The van der Waals surface area contributed by atoms with E-state index in [2.05, 4.69) is 62.4 Å². The van der Waals surface area contributed by atoms with Crippen molar-refractivity contribution in [2.75, 3.05) is 7.11 Å². The van der Waals surface area contributed by atoms with E-state index in [1.165, 1.54) is 17.5 Å². The maximum atomic E-state index is 13.2. The van der Waals surface area contributed by atoms with Crippen LogP contribution in [-0.2, 0) is 11.2 Å². The van der Waals surface area contributed by atoms with E-state index in [1.54, 1.807) is 12.1 Å². The number of ether oxygens (including phenoxy) is 1. The molecule has 0 aliphatic carbocycles. The Balaban J connectivity index is 1.63. The minimum atomic E-state index is -2.67. The van der Waals surface area contributed by atoms with E-state index in [1.807, 2.05) is 48.5 Å². The van der Waals surface area contributed by atoms with Crippen LogP contribution < -0.4 is 14.8 Å². The molecule has 0 fully saturated rings. The molecule has 0 aliphatic heterocycles. The monoisotopic (exact) mass is 522 g/mol. The molecule has 0 amide bonds. The van der Waals surface area contributed by atoms with Gasteiger partial charge in [0.25, 0.3) is 0 Å². The van der Waals surface area contributed by atoms with Crippen molar-refractivity contribution in [2.45, 2.75) is 32.7 Å². The molecule has 4 rings (SSSR count). The average molecular weight is 523 g/mol. The first-order valence-electron chi connectivity index (χ1n) is 13.0. The Morgan fingerprint density at radius 2 is 1.37 bits per heavy atom. The molecule has 0 spiro atoms. The number of rotatable bonds is 11. The molecule has 5 heteroatoms. The normalized spacial score (nSPS) is 11.3. The van der Waals surface area contributed by atoms with Crippen LogP contribution in [0.4, 0.5) is 0 Å². The third-order valence-corrected chi connectivity index (χ3v) is 11.2. The van der Waals surface area contributed by atoms with Crippen LogP contribution in [0.1, 0.15) is 46.5 Å². The Morgan fingerprint density at radius 1 is 0.763 bits per heavy atom. The SMILES string of the molecule is COC(=O)c1ccccc1CCC(=O)c1cccc(O[Si](CC(C)C)(c2ccccc2)c2ccccc2)c1. The summed E-state index contributed by atoms with van der Waals surface area (Å²) in [7, 11) is -1.30. The van der Waals surface area contributed by atoms with Gasteiger partial charge in [0.1, 0.15) is 5.75 Å². The van der Waals surface area contributed by atoms with Gasteiger partial charge in [0.05, 0.1) is 12.7 Å². The molecule has 0 atom stereocenters. The van der Waals surface area contributed by atoms with Gasteiger partial charge in [0.15, 0.2) is 5.78 Å². The number of ketones is 1. The fourth-order valence-electron chi connectivity index (χ4n) is 4.93. The largest absolute Gasteiger partial charge is 0.535 e. The van der Waals surface area contributed by atoms with Crippen LogP contribution in [0.3, 0.4) is 0 Å². The Kier molecular flexibility index (Phi) is 8.92. The summed E-state index contributed by atoms with van der Waals surface area (Å²) < 4.78 is 11.9. The topological polar surface area (TPSA) is 52.6 Å². The number of carbonyl (C=O) groups excluding carboxylic acids is 2. The number of benzene rings is 4. The molecule has 38 heavy (non-hydrogen) atoms. The van der Waals surface area contributed by atoms with Crippen LogP contribution in [0.15, 0.2) is 109 Å². The van der Waals surface area contributed by atoms with Crippen LogP contribution >= 0.6 is 0 Å². The predicted octanol–water partition coefficient (Wildman–Crippen LogP) is 6.08. The fraction of sp³-hybridized carbons (Fsp3) is 0.212. The zero-order chi connectivity index (χ0) is 27.0. The third kappa shape index (κ3) is 6.29. The van der Waals surface area contributed by atoms with Crippen molar-refractivity contribution in [3.8, 4) is 5.75 Å². The number of hydrogen-bond acceptors (Lipinski definition) is 4. The lowest BCUT2D eigenvalue weighted by molar-refractivity contribution is 0.0599. The zero-order valence-electron chi connectivity index (χ0n) is 22.2. The number of carbonyl (C=O) groups is 2. The average Bonchev–Trinajstić information content (AvgIpc) is 2.96. The molecule has 0 bridgehead atoms. The van der Waals surface area contributed by atoms with E-state index < -0.39 is 14.3 Å². The van der Waals surface area contributed by atoms with Gasteiger partial charge in [-0.25, -0.2) is 4.79 Å². The molecule has 194 valence electrons. The molecular weight excluding hydrogens is 488 g/mol. The van der Waals surface area contributed by atoms with Gasteiger partial charge in [-0.05, 0) is 52.5 Å². The summed E-state index contributed by atoms with van der Waals surface area (Å²) in [5.74, 6) is 0.731. The van der Waals surface area contributed by atoms with Gasteiger partial charge in [-0.3, -0.25) is 4.79 Å². The highest BCUT2D eigenvalue weighted by Gasteiger charge is 2.42. The third-order valence-electron chi connectivity index (χ3n) is 6.67. The van der Waals surface area contributed by atoms with E-state index >= 15 is 0 Å². The van der Waals surface area contributed by atoms with Crippen LogP contribution in [0.5, 0.6) is 5.75 Å². The van der Waals surface area contributed by atoms with Gasteiger partial charge in [-0.15, -0.1) is 0 Å². The van der Waals surface area contributed by atoms with Gasteiger partial charge in [0.2, 0.25) is 0 Å². The molecule has 0 heterocycles. The van der Waals surface area contributed by atoms with Crippen molar-refractivity contribution < 1.29 is 18.8 Å². The highest BCUT2D eigenvalue weighted by molar-refractivity contribution is 6.98. The lowest BCUT2D eigenvalue weighted by Gasteiger charge is -2.34. The Labute approximate surface area is 226 Å². The van der Waals surface area contributed by atoms with Crippen LogP contribution in [0, 0.1) is 5.92 Å². The van der Waals surface area contributed by atoms with Gasteiger partial charge in [-0.2, -0.15) is 0 Å². The maximum Gasteiger partial charge on any atom is 0.338 e. The van der Waals surface area contributed by atoms with E-state index in [9.17, 15) is 9.59 Å². The van der Waals surface area contributed by atoms with Gasteiger partial charge in [0, 0.05) is 12.0 Å². The predicted molar refractivity (Wildman–Crippen MR) is 155 cm³/mol. The van der Waals surface area contributed by atoms with Crippen LogP contribution in [-0.4, -0.2) is 27.2 Å². The van der Waals surface area contributed by atoms with E-state index in [0.29, 0.717) is 29.2 Å². The highest BCUT2D eigenvalue weighted by atomic mass is 28.4. The number of hydrogen-bond donors (Lipinski definition) is 0. The number of esters is 1. The fourth-order valence-corrected chi connectivity index (χ4v) is 9.19. The van der Waals surface area contributed by atoms with Gasteiger partial charge < -0.3 is 9.16 Å². The van der Waals surface area contributed by atoms with Crippen LogP contribution in [0.25, 0.3) is 0 Å². The highest BCUT2D eigenvalue weighted by Crippen LogP contribution is 2.25. The summed E-state index contributed by atoms with van der Waals surface area (Å²) in [4.78, 5) is 25.4. The summed E-state index contributed by atoms with van der Waals surface area (Å²) in [5, 5.41) is 2.41. The molecule has 4 aromatic carbocycles. The van der Waals surface area contributed by atoms with Crippen molar-refractivity contribution in [1.29, 1.82) is 0 Å². The molecule has 0 radical (unpaired) electrons. The first-order chi connectivity index (χ1) is 18.4. The maximum absolute atomic E-state index is 13.2. The number of aryl methyl sites for hydroxylation is 1. The summed E-state index contributed by atoms with van der Waals surface area (Å²) in [6.07, 6.45) is 0.735. The minimum absolute atomic E-state index is 0.00525. The van der Waals surface area contributed by atoms with Crippen molar-refractivity contribution in [2.24, 2.45) is 5.92 Å². The van der Waals surface area contributed by atoms with Crippen LogP contribution in [0.2, 0.25) is 6.04 Å². The Morgan fingerprint density at radius 3 is 1.97 bits per heavy atom. The lowest BCUT2D eigenvalue weighted by atomic mass is 9.99. The second-order valence-corrected chi connectivity index (χ2v) is 13.3. The molecule has 0 aromatic heterocycles. The second kappa shape index (κ2) is 12.5. The van der Waals surface area contributed by atoms with E-state index in [4.69, 9.17) is 9.16 Å². The van der Waals surface area contributed by atoms with Crippen molar-refractivity contribution >= 4 is 30.4 Å². The molecule has 4 aromatic rings. The summed E-state index contributed by atoms with van der Waals surface area (Å²) in [6.45, 7) is 4.45. The van der Waals surface area contributed by atoms with Crippen molar-refractivity contribution in [3.05, 3.63) is 126 Å². The van der Waals surface area contributed by atoms with Crippen molar-refractivity contribution in [3.63, 3.8) is 0 Å². The van der Waals surface area contributed by atoms with Gasteiger partial charge >= 0.3 is 14.3 Å². The molecular formula is C33H34O4Si. The lowest BCUT2D eigenvalue weighted by Crippen LogP contribution is -2.63. The number of Topliss-reactive ketones (excluding diaryl/α,β-unsaturated/α-hetero) is 1.